The summed E-state index contributed by atoms with van der Waals surface area (Å²) >= 11 is 0. The van der Waals surface area contributed by atoms with E-state index in [0.29, 0.717) is 355 Å². The number of hydrogen-bond acceptors (Lipinski definition) is 30. The average Bonchev–Trinajstić information content (AvgIpc) is 1.58. The quantitative estimate of drug-likeness (QED) is 0.0909. The predicted octanol–water partition coefficient (Wildman–Crippen LogP) is 13.9. The summed E-state index contributed by atoms with van der Waals surface area (Å²) in [6.45, 7) is 16.3. The van der Waals surface area contributed by atoms with Gasteiger partial charge in [-0.05, 0) is 44.5 Å². The van der Waals surface area contributed by atoms with Crippen molar-refractivity contribution in [2.75, 3.05) is 283 Å². The molecular weight excluding hydrogens is 1830 g/mol. The third kappa shape index (κ3) is 31.0. The van der Waals surface area contributed by atoms with Crippen LogP contribution >= 0.6 is 0 Å². The Labute approximate surface area is 845 Å². The molecule has 762 valence electrons. The second kappa shape index (κ2) is 57.5. The van der Waals surface area contributed by atoms with Crippen LogP contribution in [0.2, 0.25) is 0 Å². The summed E-state index contributed by atoms with van der Waals surface area (Å²) in [5.74, 6) is 1.33. The number of H-pyrrole nitrogens is 2. The lowest BCUT2D eigenvalue weighted by Gasteiger charge is -2.32. The van der Waals surface area contributed by atoms with Gasteiger partial charge in [0.05, 0.1) is 211 Å². The lowest BCUT2D eigenvalue weighted by atomic mass is 10.1. The molecule has 11 aromatic rings. The maximum Gasteiger partial charge on any atom is 0.182 e. The van der Waals surface area contributed by atoms with Crippen LogP contribution in [0, 0.1) is 0 Å². The van der Waals surface area contributed by atoms with Gasteiger partial charge in [0, 0.05) is 105 Å². The van der Waals surface area contributed by atoms with Gasteiger partial charge in [-0.15, -0.1) is 0 Å². The van der Waals surface area contributed by atoms with E-state index in [-0.39, 0.29) is 52.9 Å². The minimum Gasteiger partial charge on any atom is -0.377 e. The van der Waals surface area contributed by atoms with Gasteiger partial charge in [-0.25, -0.2) is 29.9 Å². The van der Waals surface area contributed by atoms with E-state index in [1.165, 1.54) is 0 Å². The summed E-state index contributed by atoms with van der Waals surface area (Å²) in [5.41, 5.74) is 15.4. The summed E-state index contributed by atoms with van der Waals surface area (Å²) < 4.78 is 104. The van der Waals surface area contributed by atoms with Crippen molar-refractivity contribution in [3.63, 3.8) is 0 Å². The van der Waals surface area contributed by atoms with E-state index in [4.69, 9.17) is 106 Å². The van der Waals surface area contributed by atoms with Crippen molar-refractivity contribution in [1.29, 1.82) is 0 Å². The zero-order chi connectivity index (χ0) is 97.7. The minimum absolute atomic E-state index is 0.265. The molecule has 0 amide bonds. The van der Waals surface area contributed by atoms with Gasteiger partial charge in [-0.3, -0.25) is 0 Å². The zero-order valence-electron chi connectivity index (χ0n) is 82.8. The molecule has 0 unspecified atom stereocenters. The van der Waals surface area contributed by atoms with Gasteiger partial charge in [0.1, 0.15) is 45.5 Å². The van der Waals surface area contributed by atoms with Crippen molar-refractivity contribution in [2.45, 2.75) is 52.4 Å². The van der Waals surface area contributed by atoms with Gasteiger partial charge in [0.2, 0.25) is 0 Å². The molecule has 3 aromatic heterocycles. The zero-order valence-corrected chi connectivity index (χ0v) is 82.8. The molecule has 0 atom stereocenters. The van der Waals surface area contributed by atoms with E-state index in [0.717, 1.165) is 44.5 Å². The fourth-order valence-electron chi connectivity index (χ4n) is 18.2. The second-order valence-corrected chi connectivity index (χ2v) is 35.5. The van der Waals surface area contributed by atoms with Gasteiger partial charge >= 0.3 is 0 Å². The summed E-state index contributed by atoms with van der Waals surface area (Å²) in [4.78, 5) is 65.4. The first-order chi connectivity index (χ1) is 71.5. The molecule has 8 aromatic carbocycles. The normalized spacial score (nSPS) is 18.2. The number of nitrogens with zero attached hydrogens (tertiary/aromatic N) is 14. The van der Waals surface area contributed by atoms with E-state index >= 15 is 0 Å². The Morgan fingerprint density at radius 2 is 0.278 bits per heavy atom. The van der Waals surface area contributed by atoms with Gasteiger partial charge in [-0.2, -0.15) is 0 Å². The fraction of sp³-hybridized carbons (Fsp3) is 0.429. The molecule has 0 saturated heterocycles. The van der Waals surface area contributed by atoms with E-state index < -0.39 is 0 Å². The van der Waals surface area contributed by atoms with E-state index in [1.54, 1.807) is 0 Å². The molecule has 0 spiro atoms. The predicted molar refractivity (Wildman–Crippen MR) is 556 cm³/mol. The monoisotopic (exact) mass is 1960 g/mol. The molecule has 0 aliphatic carbocycles. The number of aromatic amines is 2. The molecule has 0 fully saturated rings. The Bertz CT molecular complexity index is 5140. The van der Waals surface area contributed by atoms with Crippen LogP contribution in [0.15, 0.2) is 243 Å². The molecule has 17 rings (SSSR count). The Morgan fingerprint density at radius 1 is 0.153 bits per heavy atom. The molecule has 9 heterocycles. The first-order valence-corrected chi connectivity index (χ1v) is 50.9. The van der Waals surface area contributed by atoms with Crippen molar-refractivity contribution in [2.24, 2.45) is 0 Å². The maximum absolute atomic E-state index is 6.81. The van der Waals surface area contributed by atoms with E-state index in [9.17, 15) is 0 Å². The number of benzene rings is 8. The SMILES string of the molecule is c1ccc(CN2CCOCCOCCOCCOCCN(Cc3ccccc3)C3=C2c2nc3nc3[nH]c(nc4nc(nc5[nH]c(n2)c2c5N(Cc5ccccc5)CCOCCOCCOCCOCCN2Cc2ccccc2)C2=C4N(Cc4ccccc4)CCOCCOCCOCCOCCN2Cc2ccccc2)c2c3N(Cc3ccccc3)CCOCCOCCOCCOCCN2Cc2ccccc2)cc1. The molecule has 0 radical (unpaired) electrons. The topological polar surface area (TPSA) is 283 Å². The van der Waals surface area contributed by atoms with Gasteiger partial charge in [0.25, 0.3) is 0 Å². The van der Waals surface area contributed by atoms with Crippen LogP contribution in [0.1, 0.15) is 67.8 Å². The number of fused-ring (bicyclic) bond motifs is 18. The van der Waals surface area contributed by atoms with Crippen LogP contribution in [-0.4, -0.2) is 323 Å². The lowest BCUT2D eigenvalue weighted by Crippen LogP contribution is -2.33. The van der Waals surface area contributed by atoms with Gasteiger partial charge < -0.3 is 125 Å². The van der Waals surface area contributed by atoms with E-state index in [2.05, 4.69) is 292 Å². The molecule has 2 N–H and O–H groups in total. The van der Waals surface area contributed by atoms with Crippen LogP contribution < -0.4 is 19.6 Å². The minimum atomic E-state index is 0.265. The van der Waals surface area contributed by atoms with Crippen molar-refractivity contribution < 1.29 is 75.8 Å². The van der Waals surface area contributed by atoms with Crippen LogP contribution in [0.25, 0.3) is 45.4 Å². The number of hydrogen-bond donors (Lipinski definition) is 2. The summed E-state index contributed by atoms with van der Waals surface area (Å²) in [6.07, 6.45) is 0. The average molecular weight is 1960 g/mol. The first kappa shape index (κ1) is 103. The van der Waals surface area contributed by atoms with Crippen LogP contribution in [0.5, 0.6) is 0 Å². The molecule has 8 bridgehead atoms. The number of rotatable bonds is 16. The van der Waals surface area contributed by atoms with Crippen LogP contribution in [0.4, 0.5) is 22.7 Å². The second-order valence-electron chi connectivity index (χ2n) is 35.5. The Morgan fingerprint density at radius 3 is 0.424 bits per heavy atom. The number of nitrogens with one attached hydrogen (secondary N) is 2. The molecular formula is C112H138N16O16. The molecule has 32 heteroatoms. The summed E-state index contributed by atoms with van der Waals surface area (Å²) in [7, 11) is 0. The lowest BCUT2D eigenvalue weighted by molar-refractivity contribution is -0.00436. The highest BCUT2D eigenvalue weighted by Gasteiger charge is 2.39. The first-order valence-electron chi connectivity index (χ1n) is 50.9. The van der Waals surface area contributed by atoms with Crippen LogP contribution in [0.3, 0.4) is 0 Å². The molecule has 0 saturated carbocycles. The van der Waals surface area contributed by atoms with Crippen LogP contribution in [-0.2, 0) is 128 Å². The van der Waals surface area contributed by atoms with Crippen molar-refractivity contribution in [3.05, 3.63) is 310 Å². The summed E-state index contributed by atoms with van der Waals surface area (Å²) in [6, 6.07) is 84.6. The Balaban J connectivity index is 1.09. The Kier molecular flexibility index (Phi) is 41.2. The fourth-order valence-corrected chi connectivity index (χ4v) is 18.2. The third-order valence-corrected chi connectivity index (χ3v) is 25.2. The molecule has 6 aliphatic heterocycles. The Hall–Kier alpha value is -12.2. The third-order valence-electron chi connectivity index (χ3n) is 25.2. The number of anilines is 4. The highest BCUT2D eigenvalue weighted by Crippen LogP contribution is 2.46. The smallest absolute Gasteiger partial charge is 0.182 e. The van der Waals surface area contributed by atoms with Crippen molar-refractivity contribution in [1.82, 2.24) is 59.5 Å². The molecule has 144 heavy (non-hydrogen) atoms. The maximum atomic E-state index is 6.81. The van der Waals surface area contributed by atoms with Crippen molar-refractivity contribution in [3.8, 4) is 0 Å². The summed E-state index contributed by atoms with van der Waals surface area (Å²) in [5, 5.41) is 0. The number of ether oxygens (including phenoxy) is 16. The molecule has 32 nitrogen and oxygen atoms in total. The standard InChI is InChI=1S/C112H138N16O16/c1-9-25-89(26-10-1)81-121-41-49-129-57-65-137-73-74-138-66-58-130-50-42-122(82-90-27-11-2-12-28-90)98-97(121)105-113-106(98)118-108-101-102(126(86-94-35-19-6-20-36-94)46-54-134-62-70-142-78-77-141-69-61-133-53-45-125(101)85-93-33-17-5-18-34-93)110(115-108)120-112-104-103(127(87-95-37-21-7-22-38-95)47-55-135-63-71-143-79-80-144-72-64-136-56-48-128(104)88-96-39-23-8-24-40-96)111(116-112)119-109-100-99(107(114-109)117-105)123(83-91-29-13-3-14-30-91)43-51-131-59-67-139-75-76-140-68-60-132-52-44-124(100)84-92-31-15-4-16-32-92/h1-40H,41-88H2,(H2,113,114,115,116,117,118,119,120). The van der Waals surface area contributed by atoms with E-state index in [1.807, 2.05) is 0 Å². The highest BCUT2D eigenvalue weighted by molar-refractivity contribution is 5.99. The van der Waals surface area contributed by atoms with Crippen molar-refractivity contribution >= 4 is 68.1 Å². The highest BCUT2D eigenvalue weighted by atomic mass is 16.6. The van der Waals surface area contributed by atoms with Gasteiger partial charge in [-0.1, -0.05) is 243 Å². The molecule has 6 aliphatic rings. The van der Waals surface area contributed by atoms with Gasteiger partial charge in [0.15, 0.2) is 45.9 Å². The largest absolute Gasteiger partial charge is 0.377 e. The number of aromatic nitrogens is 8.